The second-order valence-corrected chi connectivity index (χ2v) is 3.53. The molecule has 0 fully saturated rings. The van der Waals surface area contributed by atoms with E-state index >= 15 is 0 Å². The summed E-state index contributed by atoms with van der Waals surface area (Å²) in [6.07, 6.45) is -0.115. The third-order valence-electron chi connectivity index (χ3n) is 1.96. The lowest BCUT2D eigenvalue weighted by Gasteiger charge is -2.09. The van der Waals surface area contributed by atoms with Gasteiger partial charge in [0.15, 0.2) is 0 Å². The van der Waals surface area contributed by atoms with Crippen LogP contribution in [0.1, 0.15) is 5.56 Å². The van der Waals surface area contributed by atoms with E-state index in [1.807, 2.05) is 24.3 Å². The van der Waals surface area contributed by atoms with Gasteiger partial charge in [-0.2, -0.15) is 5.26 Å². The van der Waals surface area contributed by atoms with E-state index in [1.165, 1.54) is 0 Å². The number of anilines is 1. The zero-order valence-corrected chi connectivity index (χ0v) is 9.04. The predicted molar refractivity (Wildman–Crippen MR) is 61.0 cm³/mol. The number of hydrogen-bond donors (Lipinski definition) is 2. The lowest BCUT2D eigenvalue weighted by Crippen LogP contribution is -2.20. The summed E-state index contributed by atoms with van der Waals surface area (Å²) in [6.45, 7) is 0.432. The van der Waals surface area contributed by atoms with Crippen molar-refractivity contribution in [3.05, 3.63) is 29.8 Å². The molecule has 1 rings (SSSR count). The SMILES string of the molecule is N#CCc1ccc(NCC(O)CCl)cc1. The van der Waals surface area contributed by atoms with E-state index in [0.717, 1.165) is 11.3 Å². The van der Waals surface area contributed by atoms with Gasteiger partial charge in [-0.05, 0) is 17.7 Å². The molecule has 0 aliphatic carbocycles. The molecule has 1 aromatic rings. The smallest absolute Gasteiger partial charge is 0.0847 e. The lowest BCUT2D eigenvalue weighted by molar-refractivity contribution is 0.211. The van der Waals surface area contributed by atoms with Gasteiger partial charge >= 0.3 is 0 Å². The Labute approximate surface area is 94.3 Å². The fraction of sp³-hybridized carbons (Fsp3) is 0.364. The van der Waals surface area contributed by atoms with Crippen molar-refractivity contribution in [1.82, 2.24) is 0 Å². The van der Waals surface area contributed by atoms with Gasteiger partial charge in [0.1, 0.15) is 0 Å². The standard InChI is InChI=1S/C11H13ClN2O/c12-7-11(15)8-14-10-3-1-9(2-4-10)5-6-13/h1-4,11,14-15H,5,7-8H2. The van der Waals surface area contributed by atoms with Crippen LogP contribution in [0.2, 0.25) is 0 Å². The minimum absolute atomic E-state index is 0.222. The Morgan fingerprint density at radius 1 is 1.40 bits per heavy atom. The van der Waals surface area contributed by atoms with Crippen molar-refractivity contribution >= 4 is 17.3 Å². The molecule has 0 saturated heterocycles. The van der Waals surface area contributed by atoms with Crippen molar-refractivity contribution in [2.24, 2.45) is 0 Å². The average molecular weight is 225 g/mol. The number of nitriles is 1. The molecule has 2 N–H and O–H groups in total. The summed E-state index contributed by atoms with van der Waals surface area (Å²) < 4.78 is 0. The van der Waals surface area contributed by atoms with Crippen molar-refractivity contribution in [3.63, 3.8) is 0 Å². The highest BCUT2D eigenvalue weighted by Gasteiger charge is 2.00. The second kappa shape index (κ2) is 6.28. The molecule has 0 aliphatic heterocycles. The number of benzene rings is 1. The van der Waals surface area contributed by atoms with Gasteiger partial charge in [0.2, 0.25) is 0 Å². The summed E-state index contributed by atoms with van der Waals surface area (Å²) in [5.74, 6) is 0.222. The summed E-state index contributed by atoms with van der Waals surface area (Å²) in [7, 11) is 0. The summed E-state index contributed by atoms with van der Waals surface area (Å²) in [5, 5.41) is 20.8. The Hall–Kier alpha value is -1.24. The molecule has 0 saturated carbocycles. The number of nitrogens with one attached hydrogen (secondary N) is 1. The van der Waals surface area contributed by atoms with Crippen LogP contribution in [0.3, 0.4) is 0 Å². The van der Waals surface area contributed by atoms with Crippen LogP contribution in [0.25, 0.3) is 0 Å². The lowest BCUT2D eigenvalue weighted by atomic mass is 10.1. The molecule has 0 spiro atoms. The molecule has 0 bridgehead atoms. The fourth-order valence-electron chi connectivity index (χ4n) is 1.12. The Bertz CT molecular complexity index is 331. The topological polar surface area (TPSA) is 56.0 Å². The molecule has 4 heteroatoms. The summed E-state index contributed by atoms with van der Waals surface area (Å²) in [6, 6.07) is 9.63. The highest BCUT2D eigenvalue weighted by atomic mass is 35.5. The van der Waals surface area contributed by atoms with Crippen molar-refractivity contribution < 1.29 is 5.11 Å². The van der Waals surface area contributed by atoms with Gasteiger partial charge < -0.3 is 10.4 Å². The van der Waals surface area contributed by atoms with Crippen molar-refractivity contribution in [2.45, 2.75) is 12.5 Å². The van der Waals surface area contributed by atoms with Gasteiger partial charge in [-0.1, -0.05) is 12.1 Å². The van der Waals surface area contributed by atoms with Gasteiger partial charge in [-0.3, -0.25) is 0 Å². The van der Waals surface area contributed by atoms with Crippen LogP contribution in [-0.4, -0.2) is 23.6 Å². The first-order valence-corrected chi connectivity index (χ1v) is 5.23. The summed E-state index contributed by atoms with van der Waals surface area (Å²) in [4.78, 5) is 0. The molecule has 0 radical (unpaired) electrons. The van der Waals surface area contributed by atoms with Crippen LogP contribution >= 0.6 is 11.6 Å². The second-order valence-electron chi connectivity index (χ2n) is 3.22. The Balaban J connectivity index is 2.46. The molecular formula is C11H13ClN2O. The van der Waals surface area contributed by atoms with Crippen molar-refractivity contribution in [1.29, 1.82) is 5.26 Å². The van der Waals surface area contributed by atoms with Gasteiger partial charge in [-0.15, -0.1) is 11.6 Å². The van der Waals surface area contributed by atoms with Crippen LogP contribution in [0, 0.1) is 11.3 Å². The number of rotatable bonds is 5. The Morgan fingerprint density at radius 2 is 2.07 bits per heavy atom. The molecule has 0 heterocycles. The van der Waals surface area contributed by atoms with E-state index in [9.17, 15) is 5.11 Å². The first-order valence-electron chi connectivity index (χ1n) is 4.70. The van der Waals surface area contributed by atoms with Crippen LogP contribution in [0.5, 0.6) is 0 Å². The minimum atomic E-state index is -0.537. The monoisotopic (exact) mass is 224 g/mol. The maximum atomic E-state index is 9.22. The van der Waals surface area contributed by atoms with Crippen LogP contribution < -0.4 is 5.32 Å². The fourth-order valence-corrected chi connectivity index (χ4v) is 1.23. The third kappa shape index (κ3) is 4.20. The van der Waals surface area contributed by atoms with E-state index in [1.54, 1.807) is 0 Å². The zero-order valence-electron chi connectivity index (χ0n) is 8.28. The summed E-state index contributed by atoms with van der Waals surface area (Å²) >= 11 is 5.46. The maximum absolute atomic E-state index is 9.22. The summed E-state index contributed by atoms with van der Waals surface area (Å²) in [5.41, 5.74) is 1.90. The first kappa shape index (κ1) is 11.8. The number of aliphatic hydroxyl groups is 1. The molecule has 80 valence electrons. The van der Waals surface area contributed by atoms with Gasteiger partial charge in [0.25, 0.3) is 0 Å². The predicted octanol–water partition coefficient (Wildman–Crippen LogP) is 1.76. The van der Waals surface area contributed by atoms with E-state index in [4.69, 9.17) is 16.9 Å². The molecular weight excluding hydrogens is 212 g/mol. The van der Waals surface area contributed by atoms with Crippen LogP contribution in [0.4, 0.5) is 5.69 Å². The van der Waals surface area contributed by atoms with Crippen molar-refractivity contribution in [3.8, 4) is 6.07 Å². The van der Waals surface area contributed by atoms with Gasteiger partial charge in [0, 0.05) is 12.2 Å². The minimum Gasteiger partial charge on any atom is -0.390 e. The maximum Gasteiger partial charge on any atom is 0.0847 e. The van der Waals surface area contributed by atoms with Crippen molar-refractivity contribution in [2.75, 3.05) is 17.7 Å². The number of alkyl halides is 1. The number of aliphatic hydroxyl groups excluding tert-OH is 1. The molecule has 15 heavy (non-hydrogen) atoms. The van der Waals surface area contributed by atoms with E-state index in [2.05, 4.69) is 11.4 Å². The molecule has 1 aromatic carbocycles. The number of halogens is 1. The number of hydrogen-bond acceptors (Lipinski definition) is 3. The highest BCUT2D eigenvalue weighted by Crippen LogP contribution is 2.09. The Morgan fingerprint density at radius 3 is 2.60 bits per heavy atom. The third-order valence-corrected chi connectivity index (χ3v) is 2.31. The quantitative estimate of drug-likeness (QED) is 0.750. The van der Waals surface area contributed by atoms with E-state index in [-0.39, 0.29) is 5.88 Å². The van der Waals surface area contributed by atoms with Crippen LogP contribution in [0.15, 0.2) is 24.3 Å². The van der Waals surface area contributed by atoms with E-state index < -0.39 is 6.10 Å². The normalized spacial score (nSPS) is 11.8. The largest absolute Gasteiger partial charge is 0.390 e. The van der Waals surface area contributed by atoms with Gasteiger partial charge in [-0.25, -0.2) is 0 Å². The molecule has 1 atom stereocenters. The molecule has 0 aromatic heterocycles. The molecule has 0 amide bonds. The average Bonchev–Trinajstić information content (AvgIpc) is 2.28. The molecule has 3 nitrogen and oxygen atoms in total. The van der Waals surface area contributed by atoms with Crippen LogP contribution in [-0.2, 0) is 6.42 Å². The first-order chi connectivity index (χ1) is 7.26. The van der Waals surface area contributed by atoms with E-state index in [0.29, 0.717) is 13.0 Å². The zero-order chi connectivity index (χ0) is 11.1. The molecule has 1 unspecified atom stereocenters. The molecule has 0 aliphatic rings. The van der Waals surface area contributed by atoms with Gasteiger partial charge in [0.05, 0.1) is 24.5 Å². The highest BCUT2D eigenvalue weighted by molar-refractivity contribution is 6.18. The number of nitrogens with zero attached hydrogens (tertiary/aromatic N) is 1. The Kier molecular flexibility index (Phi) is 4.96.